The van der Waals surface area contributed by atoms with Gasteiger partial charge in [0.15, 0.2) is 5.78 Å². The molecule has 0 amide bonds. The van der Waals surface area contributed by atoms with Crippen molar-refractivity contribution in [2.45, 2.75) is 31.7 Å². The highest BCUT2D eigenvalue weighted by Gasteiger charge is 2.32. The van der Waals surface area contributed by atoms with Crippen LogP contribution in [0.5, 0.6) is 0 Å². The second-order valence-corrected chi connectivity index (χ2v) is 8.76. The van der Waals surface area contributed by atoms with Crippen molar-refractivity contribution >= 4 is 21.5 Å². The number of anilines is 1. The number of carbonyl (C=O) groups excluding carboxylic acids is 1. The molecule has 1 fully saturated rings. The summed E-state index contributed by atoms with van der Waals surface area (Å²) >= 11 is 0. The van der Waals surface area contributed by atoms with Crippen molar-refractivity contribution in [2.75, 3.05) is 24.5 Å². The number of piperazine rings is 1. The van der Waals surface area contributed by atoms with Gasteiger partial charge in [0, 0.05) is 36.9 Å². The van der Waals surface area contributed by atoms with Crippen molar-refractivity contribution in [3.63, 3.8) is 0 Å². The summed E-state index contributed by atoms with van der Waals surface area (Å²) in [5.74, 6) is -0.0747. The Morgan fingerprint density at radius 3 is 2.15 bits per heavy atom. The van der Waals surface area contributed by atoms with E-state index < -0.39 is 10.0 Å². The summed E-state index contributed by atoms with van der Waals surface area (Å²) in [7, 11) is -3.55. The summed E-state index contributed by atoms with van der Waals surface area (Å²) in [5.41, 5.74) is 2.84. The first-order valence-corrected chi connectivity index (χ1v) is 10.2. The molecule has 0 bridgehead atoms. The second-order valence-electron chi connectivity index (χ2n) is 6.82. The molecule has 26 heavy (non-hydrogen) atoms. The molecule has 138 valence electrons. The maximum Gasteiger partial charge on any atom is 0.243 e. The van der Waals surface area contributed by atoms with Gasteiger partial charge in [0.2, 0.25) is 10.0 Å². The average molecular weight is 372 g/mol. The molecule has 6 heteroatoms. The smallest absolute Gasteiger partial charge is 0.243 e. The van der Waals surface area contributed by atoms with Gasteiger partial charge in [-0.1, -0.05) is 29.8 Å². The van der Waals surface area contributed by atoms with Crippen LogP contribution in [-0.2, 0) is 10.0 Å². The molecule has 5 nitrogen and oxygen atoms in total. The first kappa shape index (κ1) is 18.6. The lowest BCUT2D eigenvalue weighted by Gasteiger charge is -2.40. The van der Waals surface area contributed by atoms with Gasteiger partial charge in [-0.25, -0.2) is 8.42 Å². The van der Waals surface area contributed by atoms with Crippen molar-refractivity contribution < 1.29 is 13.2 Å². The number of aryl methyl sites for hydroxylation is 1. The predicted molar refractivity (Wildman–Crippen MR) is 103 cm³/mol. The zero-order valence-corrected chi connectivity index (χ0v) is 16.2. The van der Waals surface area contributed by atoms with E-state index >= 15 is 0 Å². The van der Waals surface area contributed by atoms with Crippen LogP contribution in [-0.4, -0.2) is 44.2 Å². The van der Waals surface area contributed by atoms with Gasteiger partial charge in [-0.05, 0) is 45.0 Å². The number of nitrogens with zero attached hydrogens (tertiary/aromatic N) is 2. The Labute approximate surface area is 155 Å². The number of carbonyl (C=O) groups is 1. The Morgan fingerprint density at radius 2 is 1.62 bits per heavy atom. The third kappa shape index (κ3) is 3.66. The van der Waals surface area contributed by atoms with Crippen LogP contribution >= 0.6 is 0 Å². The van der Waals surface area contributed by atoms with E-state index in [4.69, 9.17) is 0 Å². The van der Waals surface area contributed by atoms with Crippen LogP contribution < -0.4 is 4.90 Å². The summed E-state index contributed by atoms with van der Waals surface area (Å²) in [6.07, 6.45) is 0. The molecule has 0 aliphatic carbocycles. The van der Waals surface area contributed by atoms with E-state index in [9.17, 15) is 13.2 Å². The topological polar surface area (TPSA) is 57.7 Å². The highest BCUT2D eigenvalue weighted by molar-refractivity contribution is 7.89. The second kappa shape index (κ2) is 7.21. The maximum absolute atomic E-state index is 12.9. The van der Waals surface area contributed by atoms with Gasteiger partial charge in [-0.3, -0.25) is 4.79 Å². The van der Waals surface area contributed by atoms with E-state index in [1.165, 1.54) is 28.9 Å². The number of rotatable bonds is 4. The zero-order valence-electron chi connectivity index (χ0n) is 15.3. The van der Waals surface area contributed by atoms with E-state index in [-0.39, 0.29) is 16.7 Å². The molecule has 1 aliphatic rings. The van der Waals surface area contributed by atoms with Crippen LogP contribution in [0.15, 0.2) is 53.4 Å². The molecule has 1 aliphatic heterocycles. The van der Waals surface area contributed by atoms with E-state index in [0.717, 1.165) is 5.69 Å². The van der Waals surface area contributed by atoms with Crippen LogP contribution in [0.2, 0.25) is 0 Å². The van der Waals surface area contributed by atoms with Gasteiger partial charge in [-0.15, -0.1) is 0 Å². The molecule has 1 atom stereocenters. The number of Topliss-reactive ketones (excluding diaryl/α,β-unsaturated/α-hetero) is 1. The molecule has 0 aromatic heterocycles. The highest BCUT2D eigenvalue weighted by atomic mass is 32.2. The molecule has 0 N–H and O–H groups in total. The Balaban J connectivity index is 1.76. The lowest BCUT2D eigenvalue weighted by molar-refractivity contribution is 0.101. The quantitative estimate of drug-likeness (QED) is 0.774. The van der Waals surface area contributed by atoms with Crippen molar-refractivity contribution in [2.24, 2.45) is 0 Å². The van der Waals surface area contributed by atoms with Crippen molar-refractivity contribution in [1.29, 1.82) is 0 Å². The third-order valence-corrected chi connectivity index (χ3v) is 6.73. The highest BCUT2D eigenvalue weighted by Crippen LogP contribution is 2.25. The number of benzene rings is 2. The molecule has 3 rings (SSSR count). The lowest BCUT2D eigenvalue weighted by Crippen LogP contribution is -2.53. The van der Waals surface area contributed by atoms with Gasteiger partial charge >= 0.3 is 0 Å². The van der Waals surface area contributed by atoms with Crippen LogP contribution in [0.1, 0.15) is 29.8 Å². The molecule has 1 unspecified atom stereocenters. The van der Waals surface area contributed by atoms with E-state index in [1.807, 2.05) is 6.92 Å². The molecule has 2 aromatic rings. The predicted octanol–water partition coefficient (Wildman–Crippen LogP) is 3.10. The molecule has 1 heterocycles. The monoisotopic (exact) mass is 372 g/mol. The zero-order chi connectivity index (χ0) is 18.9. The Bertz CT molecular complexity index is 890. The van der Waals surface area contributed by atoms with Gasteiger partial charge in [0.05, 0.1) is 4.90 Å². The number of sulfonamides is 1. The van der Waals surface area contributed by atoms with Gasteiger partial charge < -0.3 is 4.90 Å². The lowest BCUT2D eigenvalue weighted by atomic mass is 10.1. The molecule has 2 aromatic carbocycles. The minimum atomic E-state index is -3.55. The van der Waals surface area contributed by atoms with Crippen molar-refractivity contribution in [3.8, 4) is 0 Å². The molecule has 1 saturated heterocycles. The fourth-order valence-electron chi connectivity index (χ4n) is 3.27. The molecular weight excluding hydrogens is 348 g/mol. The first-order chi connectivity index (χ1) is 12.3. The number of ketones is 1. The third-order valence-electron chi connectivity index (χ3n) is 4.85. The molecular formula is C20H24N2O3S. The molecule has 0 radical (unpaired) electrons. The summed E-state index contributed by atoms with van der Waals surface area (Å²) in [6, 6.07) is 14.6. The SMILES string of the molecule is CC(=O)c1ccc(S(=O)(=O)N2CCN(c3ccc(C)cc3)C(C)C2)cc1. The van der Waals surface area contributed by atoms with E-state index in [2.05, 4.69) is 36.1 Å². The minimum Gasteiger partial charge on any atom is -0.366 e. The summed E-state index contributed by atoms with van der Waals surface area (Å²) in [6.45, 7) is 7.08. The summed E-state index contributed by atoms with van der Waals surface area (Å²) < 4.78 is 27.4. The fraction of sp³-hybridized carbons (Fsp3) is 0.350. The Morgan fingerprint density at radius 1 is 1.00 bits per heavy atom. The van der Waals surface area contributed by atoms with Crippen LogP contribution in [0.4, 0.5) is 5.69 Å². The fourth-order valence-corrected chi connectivity index (χ4v) is 4.79. The summed E-state index contributed by atoms with van der Waals surface area (Å²) in [4.78, 5) is 13.9. The van der Waals surface area contributed by atoms with E-state index in [0.29, 0.717) is 25.2 Å². The maximum atomic E-state index is 12.9. The summed E-state index contributed by atoms with van der Waals surface area (Å²) in [5, 5.41) is 0. The van der Waals surface area contributed by atoms with Gasteiger partial charge in [0.25, 0.3) is 0 Å². The van der Waals surface area contributed by atoms with Gasteiger partial charge in [-0.2, -0.15) is 4.31 Å². The van der Waals surface area contributed by atoms with Crippen LogP contribution in [0.3, 0.4) is 0 Å². The Kier molecular flexibility index (Phi) is 5.16. The first-order valence-electron chi connectivity index (χ1n) is 8.73. The van der Waals surface area contributed by atoms with Crippen LogP contribution in [0, 0.1) is 6.92 Å². The number of hydrogen-bond donors (Lipinski definition) is 0. The largest absolute Gasteiger partial charge is 0.366 e. The van der Waals surface area contributed by atoms with E-state index in [1.54, 1.807) is 12.1 Å². The average Bonchev–Trinajstić information content (AvgIpc) is 2.62. The normalized spacial score (nSPS) is 18.7. The number of hydrogen-bond acceptors (Lipinski definition) is 4. The minimum absolute atomic E-state index is 0.0747. The Hall–Kier alpha value is -2.18. The van der Waals surface area contributed by atoms with Gasteiger partial charge in [0.1, 0.15) is 0 Å². The van der Waals surface area contributed by atoms with Crippen molar-refractivity contribution in [1.82, 2.24) is 4.31 Å². The molecule has 0 spiro atoms. The molecule has 0 saturated carbocycles. The standard InChI is InChI=1S/C20H24N2O3S/c1-15-4-8-19(9-5-15)22-13-12-21(14-16(22)2)26(24,25)20-10-6-18(7-11-20)17(3)23/h4-11,16H,12-14H2,1-3H3. The van der Waals surface area contributed by atoms with Crippen molar-refractivity contribution in [3.05, 3.63) is 59.7 Å². The van der Waals surface area contributed by atoms with Crippen LogP contribution in [0.25, 0.3) is 0 Å².